The standard InChI is InChI=1S/C22H22ClN3O/c1-2-16-5-9-20(10-6-16)26-22(27)18-13-21(15-24-14-18)25-12-11-17-3-7-19(23)8-4-17/h3-10,13-15,25H,2,11-12H2,1H3,(H,26,27). The van der Waals surface area contributed by atoms with Gasteiger partial charge in [0, 0.05) is 29.6 Å². The van der Waals surface area contributed by atoms with Crippen molar-refractivity contribution >= 4 is 28.9 Å². The number of amides is 1. The lowest BCUT2D eigenvalue weighted by Gasteiger charge is -2.09. The lowest BCUT2D eigenvalue weighted by atomic mass is 10.1. The number of nitrogens with zero attached hydrogens (tertiary/aromatic N) is 1. The second kappa shape index (κ2) is 9.19. The van der Waals surface area contributed by atoms with Gasteiger partial charge in [-0.05, 0) is 54.3 Å². The molecule has 27 heavy (non-hydrogen) atoms. The highest BCUT2D eigenvalue weighted by Crippen LogP contribution is 2.14. The van der Waals surface area contributed by atoms with Gasteiger partial charge in [-0.2, -0.15) is 0 Å². The van der Waals surface area contributed by atoms with E-state index in [1.165, 1.54) is 11.1 Å². The van der Waals surface area contributed by atoms with E-state index < -0.39 is 0 Å². The number of carbonyl (C=O) groups excluding carboxylic acids is 1. The summed E-state index contributed by atoms with van der Waals surface area (Å²) in [5, 5.41) is 6.95. The van der Waals surface area contributed by atoms with Crippen molar-refractivity contribution in [1.82, 2.24) is 4.98 Å². The fourth-order valence-corrected chi connectivity index (χ4v) is 2.82. The van der Waals surface area contributed by atoms with Crippen LogP contribution in [-0.2, 0) is 12.8 Å². The summed E-state index contributed by atoms with van der Waals surface area (Å²) < 4.78 is 0. The van der Waals surface area contributed by atoms with Crippen molar-refractivity contribution in [2.45, 2.75) is 19.8 Å². The Morgan fingerprint density at radius 2 is 1.67 bits per heavy atom. The van der Waals surface area contributed by atoms with E-state index in [2.05, 4.69) is 22.5 Å². The summed E-state index contributed by atoms with van der Waals surface area (Å²) in [6.07, 6.45) is 5.12. The average Bonchev–Trinajstić information content (AvgIpc) is 2.70. The molecule has 3 rings (SSSR count). The Bertz CT molecular complexity index is 892. The number of hydrogen-bond donors (Lipinski definition) is 2. The summed E-state index contributed by atoms with van der Waals surface area (Å²) in [5.41, 5.74) is 4.55. The van der Waals surface area contributed by atoms with Gasteiger partial charge in [0.2, 0.25) is 0 Å². The zero-order chi connectivity index (χ0) is 19.1. The number of anilines is 2. The predicted molar refractivity (Wildman–Crippen MR) is 112 cm³/mol. The van der Waals surface area contributed by atoms with E-state index in [9.17, 15) is 4.79 Å². The summed E-state index contributed by atoms with van der Waals surface area (Å²) in [6, 6.07) is 17.5. The Morgan fingerprint density at radius 3 is 2.37 bits per heavy atom. The summed E-state index contributed by atoms with van der Waals surface area (Å²) >= 11 is 5.90. The van der Waals surface area contributed by atoms with Crippen LogP contribution in [0.2, 0.25) is 5.02 Å². The van der Waals surface area contributed by atoms with Crippen LogP contribution in [0.1, 0.15) is 28.4 Å². The van der Waals surface area contributed by atoms with Gasteiger partial charge in [-0.25, -0.2) is 0 Å². The molecule has 1 amide bonds. The lowest BCUT2D eigenvalue weighted by molar-refractivity contribution is 0.102. The molecule has 2 N–H and O–H groups in total. The maximum atomic E-state index is 12.5. The number of benzene rings is 2. The van der Waals surface area contributed by atoms with Crippen molar-refractivity contribution in [3.05, 3.63) is 88.7 Å². The van der Waals surface area contributed by atoms with Gasteiger partial charge >= 0.3 is 0 Å². The molecule has 0 radical (unpaired) electrons. The number of hydrogen-bond acceptors (Lipinski definition) is 3. The summed E-state index contributed by atoms with van der Waals surface area (Å²) in [5.74, 6) is -0.173. The molecule has 0 saturated heterocycles. The van der Waals surface area contributed by atoms with Crippen LogP contribution in [0.15, 0.2) is 67.0 Å². The number of carbonyl (C=O) groups is 1. The predicted octanol–water partition coefficient (Wildman–Crippen LogP) is 5.20. The second-order valence-electron chi connectivity index (χ2n) is 6.27. The molecule has 0 aliphatic heterocycles. The van der Waals surface area contributed by atoms with E-state index in [1.54, 1.807) is 12.4 Å². The van der Waals surface area contributed by atoms with E-state index in [0.29, 0.717) is 5.56 Å². The zero-order valence-electron chi connectivity index (χ0n) is 15.2. The minimum atomic E-state index is -0.173. The van der Waals surface area contributed by atoms with E-state index in [0.717, 1.165) is 35.8 Å². The van der Waals surface area contributed by atoms with Crippen LogP contribution in [0.3, 0.4) is 0 Å². The Hall–Kier alpha value is -2.85. The molecule has 0 bridgehead atoms. The van der Waals surface area contributed by atoms with E-state index in [1.807, 2.05) is 54.6 Å². The Morgan fingerprint density at radius 1 is 0.963 bits per heavy atom. The molecule has 5 heteroatoms. The molecule has 0 spiro atoms. The normalized spacial score (nSPS) is 10.4. The fraction of sp³-hybridized carbons (Fsp3) is 0.182. The molecule has 1 heterocycles. The number of halogens is 1. The summed E-state index contributed by atoms with van der Waals surface area (Å²) in [4.78, 5) is 16.6. The first-order valence-corrected chi connectivity index (χ1v) is 9.35. The third-order valence-electron chi connectivity index (χ3n) is 4.28. The molecule has 3 aromatic rings. The van der Waals surface area contributed by atoms with Gasteiger partial charge in [0.25, 0.3) is 5.91 Å². The molecule has 0 aliphatic carbocycles. The Balaban J connectivity index is 1.57. The van der Waals surface area contributed by atoms with Crippen LogP contribution in [0.4, 0.5) is 11.4 Å². The van der Waals surface area contributed by atoms with Crippen molar-refractivity contribution in [2.75, 3.05) is 17.2 Å². The summed E-state index contributed by atoms with van der Waals surface area (Å²) in [6.45, 7) is 2.84. The van der Waals surface area contributed by atoms with Crippen molar-refractivity contribution in [1.29, 1.82) is 0 Å². The molecule has 0 unspecified atom stereocenters. The zero-order valence-corrected chi connectivity index (χ0v) is 16.0. The van der Waals surface area contributed by atoms with Gasteiger partial charge in [0.1, 0.15) is 0 Å². The van der Waals surface area contributed by atoms with Crippen molar-refractivity contribution in [3.8, 4) is 0 Å². The number of rotatable bonds is 7. The highest BCUT2D eigenvalue weighted by molar-refractivity contribution is 6.30. The molecule has 1 aromatic heterocycles. The van der Waals surface area contributed by atoms with Gasteiger partial charge in [-0.15, -0.1) is 0 Å². The molecule has 138 valence electrons. The molecule has 0 aliphatic rings. The van der Waals surface area contributed by atoms with E-state index >= 15 is 0 Å². The van der Waals surface area contributed by atoms with Crippen LogP contribution in [-0.4, -0.2) is 17.4 Å². The van der Waals surface area contributed by atoms with Crippen molar-refractivity contribution in [3.63, 3.8) is 0 Å². The minimum absolute atomic E-state index is 0.173. The average molecular weight is 380 g/mol. The molecule has 0 fully saturated rings. The third kappa shape index (κ3) is 5.56. The van der Waals surface area contributed by atoms with Crippen LogP contribution >= 0.6 is 11.6 Å². The molecule has 0 saturated carbocycles. The lowest BCUT2D eigenvalue weighted by Crippen LogP contribution is -2.13. The molecule has 0 atom stereocenters. The van der Waals surface area contributed by atoms with Crippen molar-refractivity contribution < 1.29 is 4.79 Å². The number of nitrogens with one attached hydrogen (secondary N) is 2. The third-order valence-corrected chi connectivity index (χ3v) is 4.53. The smallest absolute Gasteiger partial charge is 0.257 e. The molecule has 2 aromatic carbocycles. The van der Waals surface area contributed by atoms with Gasteiger partial charge in [-0.3, -0.25) is 9.78 Å². The number of pyridine rings is 1. The van der Waals surface area contributed by atoms with Crippen molar-refractivity contribution in [2.24, 2.45) is 0 Å². The number of aryl methyl sites for hydroxylation is 1. The van der Waals surface area contributed by atoms with Gasteiger partial charge in [0.15, 0.2) is 0 Å². The maximum Gasteiger partial charge on any atom is 0.257 e. The Labute approximate surface area is 164 Å². The first kappa shape index (κ1) is 18.9. The quantitative estimate of drug-likeness (QED) is 0.592. The fourth-order valence-electron chi connectivity index (χ4n) is 2.69. The number of aromatic nitrogens is 1. The highest BCUT2D eigenvalue weighted by Gasteiger charge is 2.08. The first-order valence-electron chi connectivity index (χ1n) is 8.97. The van der Waals surface area contributed by atoms with Gasteiger partial charge in [0.05, 0.1) is 11.3 Å². The minimum Gasteiger partial charge on any atom is -0.383 e. The van der Waals surface area contributed by atoms with Crippen LogP contribution in [0.5, 0.6) is 0 Å². The van der Waals surface area contributed by atoms with E-state index in [4.69, 9.17) is 11.6 Å². The maximum absolute atomic E-state index is 12.5. The highest BCUT2D eigenvalue weighted by atomic mass is 35.5. The van der Waals surface area contributed by atoms with E-state index in [-0.39, 0.29) is 5.91 Å². The topological polar surface area (TPSA) is 54.0 Å². The monoisotopic (exact) mass is 379 g/mol. The van der Waals surface area contributed by atoms with Crippen LogP contribution < -0.4 is 10.6 Å². The molecular formula is C22H22ClN3O. The SMILES string of the molecule is CCc1ccc(NC(=O)c2cncc(NCCc3ccc(Cl)cc3)c2)cc1. The second-order valence-corrected chi connectivity index (χ2v) is 6.71. The molecular weight excluding hydrogens is 358 g/mol. The first-order chi connectivity index (χ1) is 13.1. The molecule has 4 nitrogen and oxygen atoms in total. The Kier molecular flexibility index (Phi) is 6.44. The van der Waals surface area contributed by atoms with Gasteiger partial charge < -0.3 is 10.6 Å². The van der Waals surface area contributed by atoms with Gasteiger partial charge in [-0.1, -0.05) is 42.8 Å². The largest absolute Gasteiger partial charge is 0.383 e. The van der Waals surface area contributed by atoms with Crippen LogP contribution in [0.25, 0.3) is 0 Å². The van der Waals surface area contributed by atoms with Crippen LogP contribution in [0, 0.1) is 0 Å². The summed E-state index contributed by atoms with van der Waals surface area (Å²) in [7, 11) is 0.